The van der Waals surface area contributed by atoms with E-state index in [1.165, 1.54) is 38.5 Å². The van der Waals surface area contributed by atoms with Gasteiger partial charge in [-0.1, -0.05) is 13.8 Å². The molecule has 0 aromatic carbocycles. The monoisotopic (exact) mass is 292 g/mol. The lowest BCUT2D eigenvalue weighted by Gasteiger charge is -2.55. The second kappa shape index (κ2) is 5.91. The zero-order valence-corrected chi connectivity index (χ0v) is 14.0. The molecule has 1 unspecified atom stereocenters. The zero-order valence-electron chi connectivity index (χ0n) is 14.0. The van der Waals surface area contributed by atoms with Gasteiger partial charge in [-0.05, 0) is 76.3 Å². The standard InChI is InChI=1S/C18H32N2O/c1-4-20(5-2)13(3)12-19-17(21)18-9-14-6-15(10-18)8-16(7-14)11-18/h13-16H,4-12H2,1-3H3,(H,19,21). The van der Waals surface area contributed by atoms with Gasteiger partial charge in [0, 0.05) is 18.0 Å². The van der Waals surface area contributed by atoms with Gasteiger partial charge in [0.25, 0.3) is 0 Å². The number of carbonyl (C=O) groups excluding carboxylic acids is 1. The van der Waals surface area contributed by atoms with Gasteiger partial charge in [0.15, 0.2) is 0 Å². The Morgan fingerprint density at radius 3 is 2.00 bits per heavy atom. The number of nitrogens with zero attached hydrogens (tertiary/aromatic N) is 1. The Labute approximate surface area is 129 Å². The maximum absolute atomic E-state index is 12.9. The van der Waals surface area contributed by atoms with Gasteiger partial charge >= 0.3 is 0 Å². The molecule has 4 rings (SSSR count). The van der Waals surface area contributed by atoms with Crippen LogP contribution in [0, 0.1) is 23.2 Å². The predicted molar refractivity (Wildman–Crippen MR) is 86.0 cm³/mol. The first-order chi connectivity index (χ1) is 10.1. The molecule has 0 heterocycles. The average molecular weight is 292 g/mol. The maximum Gasteiger partial charge on any atom is 0.226 e. The molecule has 4 aliphatic rings. The molecule has 0 aliphatic heterocycles. The highest BCUT2D eigenvalue weighted by atomic mass is 16.2. The first kappa shape index (κ1) is 15.3. The summed E-state index contributed by atoms with van der Waals surface area (Å²) in [6.45, 7) is 9.55. The fraction of sp³-hybridized carbons (Fsp3) is 0.944. The van der Waals surface area contributed by atoms with Crippen LogP contribution in [0.1, 0.15) is 59.3 Å². The summed E-state index contributed by atoms with van der Waals surface area (Å²) < 4.78 is 0. The predicted octanol–water partition coefficient (Wildman–Crippen LogP) is 3.05. The van der Waals surface area contributed by atoms with E-state index in [9.17, 15) is 4.79 Å². The number of amides is 1. The molecule has 4 saturated carbocycles. The summed E-state index contributed by atoms with van der Waals surface area (Å²) in [6, 6.07) is 0.442. The van der Waals surface area contributed by atoms with Gasteiger partial charge in [-0.3, -0.25) is 9.69 Å². The van der Waals surface area contributed by atoms with Crippen molar-refractivity contribution in [1.82, 2.24) is 10.2 Å². The molecule has 1 N–H and O–H groups in total. The molecule has 3 heteroatoms. The van der Waals surface area contributed by atoms with Gasteiger partial charge in [0.2, 0.25) is 5.91 Å². The van der Waals surface area contributed by atoms with E-state index in [2.05, 4.69) is 31.0 Å². The highest BCUT2D eigenvalue weighted by molar-refractivity contribution is 5.83. The molecular formula is C18H32N2O. The van der Waals surface area contributed by atoms with E-state index in [0.29, 0.717) is 11.9 Å². The third kappa shape index (κ3) is 2.86. The lowest BCUT2D eigenvalue weighted by Crippen LogP contribution is -2.55. The van der Waals surface area contributed by atoms with Crippen LogP contribution >= 0.6 is 0 Å². The van der Waals surface area contributed by atoms with Gasteiger partial charge in [-0.2, -0.15) is 0 Å². The Balaban J connectivity index is 1.58. The van der Waals surface area contributed by atoms with Crippen molar-refractivity contribution in [3.63, 3.8) is 0 Å². The van der Waals surface area contributed by atoms with Gasteiger partial charge < -0.3 is 5.32 Å². The Kier molecular flexibility index (Phi) is 4.31. The van der Waals surface area contributed by atoms with Crippen LogP contribution in [-0.2, 0) is 4.79 Å². The molecule has 0 aromatic rings. The van der Waals surface area contributed by atoms with Crippen LogP contribution < -0.4 is 5.32 Å². The topological polar surface area (TPSA) is 32.3 Å². The molecule has 0 aromatic heterocycles. The third-order valence-electron chi connectivity index (χ3n) is 6.51. The van der Waals surface area contributed by atoms with E-state index in [0.717, 1.165) is 37.4 Å². The van der Waals surface area contributed by atoms with Crippen LogP contribution in [0.3, 0.4) is 0 Å². The number of hydrogen-bond acceptors (Lipinski definition) is 2. The van der Waals surface area contributed by atoms with Crippen molar-refractivity contribution >= 4 is 5.91 Å². The molecule has 0 saturated heterocycles. The molecular weight excluding hydrogens is 260 g/mol. The maximum atomic E-state index is 12.9. The molecule has 0 spiro atoms. The minimum Gasteiger partial charge on any atom is -0.354 e. The van der Waals surface area contributed by atoms with Gasteiger partial charge in [0.1, 0.15) is 0 Å². The van der Waals surface area contributed by atoms with Crippen LogP contribution in [0.2, 0.25) is 0 Å². The summed E-state index contributed by atoms with van der Waals surface area (Å²) in [4.78, 5) is 15.3. The summed E-state index contributed by atoms with van der Waals surface area (Å²) in [5, 5.41) is 3.31. The Morgan fingerprint density at radius 2 is 1.57 bits per heavy atom. The van der Waals surface area contributed by atoms with Crippen molar-refractivity contribution in [2.24, 2.45) is 23.2 Å². The summed E-state index contributed by atoms with van der Waals surface area (Å²) in [6.07, 6.45) is 7.73. The molecule has 21 heavy (non-hydrogen) atoms. The van der Waals surface area contributed by atoms with E-state index in [4.69, 9.17) is 0 Å². The number of rotatable bonds is 6. The number of likely N-dealkylation sites (N-methyl/N-ethyl adjacent to an activating group) is 1. The van der Waals surface area contributed by atoms with Crippen LogP contribution in [0.25, 0.3) is 0 Å². The van der Waals surface area contributed by atoms with Gasteiger partial charge in [-0.25, -0.2) is 0 Å². The Morgan fingerprint density at radius 1 is 1.10 bits per heavy atom. The first-order valence-corrected chi connectivity index (χ1v) is 9.08. The summed E-state index contributed by atoms with van der Waals surface area (Å²) >= 11 is 0. The van der Waals surface area contributed by atoms with E-state index in [1.54, 1.807) is 0 Å². The first-order valence-electron chi connectivity index (χ1n) is 9.08. The molecule has 4 aliphatic carbocycles. The van der Waals surface area contributed by atoms with Crippen molar-refractivity contribution in [2.75, 3.05) is 19.6 Å². The second-order valence-corrected chi connectivity index (χ2v) is 7.98. The highest BCUT2D eigenvalue weighted by Crippen LogP contribution is 2.60. The molecule has 4 bridgehead atoms. The van der Waals surface area contributed by atoms with Crippen molar-refractivity contribution < 1.29 is 4.79 Å². The molecule has 3 nitrogen and oxygen atoms in total. The average Bonchev–Trinajstić information content (AvgIpc) is 2.44. The summed E-state index contributed by atoms with van der Waals surface area (Å²) in [5.41, 5.74) is 0.0116. The quantitative estimate of drug-likeness (QED) is 0.816. The summed E-state index contributed by atoms with van der Waals surface area (Å²) in [7, 11) is 0. The fourth-order valence-corrected chi connectivity index (χ4v) is 5.79. The van der Waals surface area contributed by atoms with E-state index in [1.807, 2.05) is 0 Å². The van der Waals surface area contributed by atoms with E-state index >= 15 is 0 Å². The number of carbonyl (C=O) groups is 1. The van der Waals surface area contributed by atoms with Crippen LogP contribution in [0.5, 0.6) is 0 Å². The minimum atomic E-state index is 0.0116. The van der Waals surface area contributed by atoms with Crippen molar-refractivity contribution in [3.8, 4) is 0 Å². The highest BCUT2D eigenvalue weighted by Gasteiger charge is 2.54. The molecule has 0 radical (unpaired) electrons. The molecule has 1 atom stereocenters. The van der Waals surface area contributed by atoms with Crippen LogP contribution in [-0.4, -0.2) is 36.5 Å². The normalized spacial score (nSPS) is 38.8. The summed E-state index contributed by atoms with van der Waals surface area (Å²) in [5.74, 6) is 2.92. The van der Waals surface area contributed by atoms with Gasteiger partial charge in [0.05, 0.1) is 0 Å². The lowest BCUT2D eigenvalue weighted by molar-refractivity contribution is -0.146. The lowest BCUT2D eigenvalue weighted by atomic mass is 9.49. The molecule has 4 fully saturated rings. The van der Waals surface area contributed by atoms with Gasteiger partial charge in [-0.15, -0.1) is 0 Å². The van der Waals surface area contributed by atoms with Crippen molar-refractivity contribution in [3.05, 3.63) is 0 Å². The number of hydrogen-bond donors (Lipinski definition) is 1. The number of nitrogens with one attached hydrogen (secondary N) is 1. The van der Waals surface area contributed by atoms with E-state index < -0.39 is 0 Å². The SMILES string of the molecule is CCN(CC)C(C)CNC(=O)C12CC3CC(CC(C3)C1)C2. The largest absolute Gasteiger partial charge is 0.354 e. The molecule has 120 valence electrons. The minimum absolute atomic E-state index is 0.0116. The van der Waals surface area contributed by atoms with Crippen molar-refractivity contribution in [1.29, 1.82) is 0 Å². The van der Waals surface area contributed by atoms with Crippen LogP contribution in [0.15, 0.2) is 0 Å². The van der Waals surface area contributed by atoms with E-state index in [-0.39, 0.29) is 5.41 Å². The fourth-order valence-electron chi connectivity index (χ4n) is 5.79. The zero-order chi connectivity index (χ0) is 15.0. The Hall–Kier alpha value is -0.570. The smallest absolute Gasteiger partial charge is 0.226 e. The third-order valence-corrected chi connectivity index (χ3v) is 6.51. The molecule has 1 amide bonds. The van der Waals surface area contributed by atoms with Crippen LogP contribution in [0.4, 0.5) is 0 Å². The van der Waals surface area contributed by atoms with Crippen molar-refractivity contribution in [2.45, 2.75) is 65.3 Å². The Bertz CT molecular complexity index is 353. The second-order valence-electron chi connectivity index (χ2n) is 7.98.